The second-order valence-electron chi connectivity index (χ2n) is 2.91. The van der Waals surface area contributed by atoms with Crippen LogP contribution in [0.3, 0.4) is 0 Å². The SMILES string of the molecule is Cc1cc([C@@H](N)CO)c(F)cc1Cl. The lowest BCUT2D eigenvalue weighted by molar-refractivity contribution is 0.265. The molecule has 1 aromatic carbocycles. The van der Waals surface area contributed by atoms with Crippen LogP contribution in [-0.2, 0) is 0 Å². The smallest absolute Gasteiger partial charge is 0.129 e. The zero-order valence-corrected chi connectivity index (χ0v) is 7.98. The molecule has 0 aliphatic carbocycles. The summed E-state index contributed by atoms with van der Waals surface area (Å²) in [5, 5.41) is 9.12. The largest absolute Gasteiger partial charge is 0.394 e. The molecule has 0 unspecified atom stereocenters. The summed E-state index contributed by atoms with van der Waals surface area (Å²) >= 11 is 5.69. The molecule has 0 fully saturated rings. The molecule has 0 aliphatic rings. The summed E-state index contributed by atoms with van der Waals surface area (Å²) in [7, 11) is 0. The molecule has 0 radical (unpaired) electrons. The minimum atomic E-state index is -0.684. The highest BCUT2D eigenvalue weighted by atomic mass is 35.5. The summed E-state index contributed by atoms with van der Waals surface area (Å²) in [6, 6.07) is 2.08. The van der Waals surface area contributed by atoms with Gasteiger partial charge in [-0.05, 0) is 18.6 Å². The van der Waals surface area contributed by atoms with Crippen molar-refractivity contribution in [2.45, 2.75) is 13.0 Å². The lowest BCUT2D eigenvalue weighted by Crippen LogP contribution is -2.16. The lowest BCUT2D eigenvalue weighted by Gasteiger charge is -2.11. The Morgan fingerprint density at radius 3 is 2.77 bits per heavy atom. The number of aliphatic hydroxyl groups is 1. The minimum absolute atomic E-state index is 0.280. The number of hydrogen-bond acceptors (Lipinski definition) is 2. The van der Waals surface area contributed by atoms with Gasteiger partial charge in [-0.2, -0.15) is 0 Å². The molecule has 72 valence electrons. The molecule has 0 aliphatic heterocycles. The molecule has 13 heavy (non-hydrogen) atoms. The molecule has 0 heterocycles. The van der Waals surface area contributed by atoms with Gasteiger partial charge in [0, 0.05) is 10.6 Å². The maximum Gasteiger partial charge on any atom is 0.129 e. The Kier molecular flexibility index (Phi) is 3.25. The molecular formula is C9H11ClFNO. The second kappa shape index (κ2) is 4.05. The highest BCUT2D eigenvalue weighted by Gasteiger charge is 2.12. The van der Waals surface area contributed by atoms with Gasteiger partial charge < -0.3 is 10.8 Å². The Morgan fingerprint density at radius 1 is 1.62 bits per heavy atom. The van der Waals surface area contributed by atoms with Crippen LogP contribution in [0.1, 0.15) is 17.2 Å². The highest BCUT2D eigenvalue weighted by molar-refractivity contribution is 6.31. The van der Waals surface area contributed by atoms with Crippen molar-refractivity contribution < 1.29 is 9.50 Å². The Labute approximate surface area is 81.1 Å². The molecule has 0 bridgehead atoms. The first-order chi connectivity index (χ1) is 6.06. The molecule has 1 aromatic rings. The maximum atomic E-state index is 13.2. The topological polar surface area (TPSA) is 46.2 Å². The van der Waals surface area contributed by atoms with Crippen LogP contribution in [0.15, 0.2) is 12.1 Å². The fourth-order valence-corrected chi connectivity index (χ4v) is 1.21. The third-order valence-electron chi connectivity index (χ3n) is 1.87. The standard InChI is InChI=1S/C9H11ClFNO/c1-5-2-6(9(12)4-13)8(11)3-7(5)10/h2-3,9,13H,4,12H2,1H3/t9-/m0/s1. The number of benzene rings is 1. The highest BCUT2D eigenvalue weighted by Crippen LogP contribution is 2.23. The summed E-state index contributed by atoms with van der Waals surface area (Å²) in [5.41, 5.74) is 6.53. The average Bonchev–Trinajstić information content (AvgIpc) is 2.10. The maximum absolute atomic E-state index is 13.2. The number of halogens is 2. The van der Waals surface area contributed by atoms with Crippen molar-refractivity contribution in [3.63, 3.8) is 0 Å². The van der Waals surface area contributed by atoms with Gasteiger partial charge in [0.05, 0.1) is 12.6 Å². The second-order valence-corrected chi connectivity index (χ2v) is 3.32. The van der Waals surface area contributed by atoms with Gasteiger partial charge in [-0.3, -0.25) is 0 Å². The summed E-state index contributed by atoms with van der Waals surface area (Å²) in [5.74, 6) is -0.475. The van der Waals surface area contributed by atoms with Gasteiger partial charge in [0.25, 0.3) is 0 Å². The molecule has 4 heteroatoms. The van der Waals surface area contributed by atoms with Crippen molar-refractivity contribution in [1.29, 1.82) is 0 Å². The first kappa shape index (κ1) is 10.4. The molecule has 3 N–H and O–H groups in total. The van der Waals surface area contributed by atoms with Gasteiger partial charge in [0.2, 0.25) is 0 Å². The predicted molar refractivity (Wildman–Crippen MR) is 50.2 cm³/mol. The molecular weight excluding hydrogens is 193 g/mol. The van der Waals surface area contributed by atoms with Crippen molar-refractivity contribution in [2.24, 2.45) is 5.73 Å². The van der Waals surface area contributed by atoms with E-state index in [1.54, 1.807) is 13.0 Å². The van der Waals surface area contributed by atoms with E-state index in [2.05, 4.69) is 0 Å². The van der Waals surface area contributed by atoms with E-state index in [0.717, 1.165) is 5.56 Å². The van der Waals surface area contributed by atoms with E-state index >= 15 is 0 Å². The van der Waals surface area contributed by atoms with E-state index < -0.39 is 11.9 Å². The van der Waals surface area contributed by atoms with Crippen LogP contribution in [0.25, 0.3) is 0 Å². The summed E-state index contributed by atoms with van der Waals surface area (Å²) in [4.78, 5) is 0. The number of hydrogen-bond donors (Lipinski definition) is 2. The molecule has 1 atom stereocenters. The van der Waals surface area contributed by atoms with Crippen LogP contribution < -0.4 is 5.73 Å². The van der Waals surface area contributed by atoms with E-state index in [-0.39, 0.29) is 6.61 Å². The third-order valence-corrected chi connectivity index (χ3v) is 2.28. The van der Waals surface area contributed by atoms with Crippen LogP contribution in [0.2, 0.25) is 5.02 Å². The van der Waals surface area contributed by atoms with Gasteiger partial charge in [-0.1, -0.05) is 17.7 Å². The predicted octanol–water partition coefficient (Wildman–Crippen LogP) is 1.78. The number of aliphatic hydroxyl groups excluding tert-OH is 1. The summed E-state index contributed by atoms with van der Waals surface area (Å²) < 4.78 is 13.2. The summed E-state index contributed by atoms with van der Waals surface area (Å²) in [6.07, 6.45) is 0. The lowest BCUT2D eigenvalue weighted by atomic mass is 10.1. The van der Waals surface area contributed by atoms with Crippen molar-refractivity contribution in [2.75, 3.05) is 6.61 Å². The van der Waals surface area contributed by atoms with Crippen LogP contribution >= 0.6 is 11.6 Å². The van der Waals surface area contributed by atoms with E-state index in [1.807, 2.05) is 0 Å². The third kappa shape index (κ3) is 2.18. The number of aryl methyl sites for hydroxylation is 1. The van der Waals surface area contributed by atoms with E-state index in [0.29, 0.717) is 10.6 Å². The summed E-state index contributed by atoms with van der Waals surface area (Å²) in [6.45, 7) is 1.48. The van der Waals surface area contributed by atoms with Crippen molar-refractivity contribution >= 4 is 11.6 Å². The molecule has 0 saturated heterocycles. The van der Waals surface area contributed by atoms with Crippen LogP contribution in [0.5, 0.6) is 0 Å². The Hall–Kier alpha value is -0.640. The minimum Gasteiger partial charge on any atom is -0.394 e. The molecule has 0 amide bonds. The van der Waals surface area contributed by atoms with Crippen LogP contribution in [0, 0.1) is 12.7 Å². The zero-order valence-electron chi connectivity index (χ0n) is 7.22. The molecule has 2 nitrogen and oxygen atoms in total. The Bertz CT molecular complexity index is 317. The fraction of sp³-hybridized carbons (Fsp3) is 0.333. The molecule has 0 saturated carbocycles. The fourth-order valence-electron chi connectivity index (χ4n) is 1.06. The molecule has 0 spiro atoms. The van der Waals surface area contributed by atoms with Crippen LogP contribution in [0.4, 0.5) is 4.39 Å². The van der Waals surface area contributed by atoms with Gasteiger partial charge in [0.1, 0.15) is 5.82 Å². The Morgan fingerprint density at radius 2 is 2.23 bits per heavy atom. The zero-order chi connectivity index (χ0) is 10.0. The van der Waals surface area contributed by atoms with E-state index in [1.165, 1.54) is 6.07 Å². The first-order valence-electron chi connectivity index (χ1n) is 3.88. The van der Waals surface area contributed by atoms with Crippen molar-refractivity contribution in [1.82, 2.24) is 0 Å². The van der Waals surface area contributed by atoms with Gasteiger partial charge in [-0.15, -0.1) is 0 Å². The Balaban J connectivity index is 3.15. The van der Waals surface area contributed by atoms with Crippen molar-refractivity contribution in [3.05, 3.63) is 34.1 Å². The van der Waals surface area contributed by atoms with Gasteiger partial charge in [-0.25, -0.2) is 4.39 Å². The van der Waals surface area contributed by atoms with Crippen LogP contribution in [-0.4, -0.2) is 11.7 Å². The monoisotopic (exact) mass is 203 g/mol. The molecule has 0 aromatic heterocycles. The van der Waals surface area contributed by atoms with E-state index in [4.69, 9.17) is 22.4 Å². The number of rotatable bonds is 2. The first-order valence-corrected chi connectivity index (χ1v) is 4.26. The van der Waals surface area contributed by atoms with Gasteiger partial charge in [0.15, 0.2) is 0 Å². The number of nitrogens with two attached hydrogens (primary N) is 1. The normalized spacial score (nSPS) is 13.0. The average molecular weight is 204 g/mol. The van der Waals surface area contributed by atoms with Gasteiger partial charge >= 0.3 is 0 Å². The van der Waals surface area contributed by atoms with E-state index in [9.17, 15) is 4.39 Å². The quantitative estimate of drug-likeness (QED) is 0.770. The molecule has 1 rings (SSSR count). The van der Waals surface area contributed by atoms with Crippen molar-refractivity contribution in [3.8, 4) is 0 Å².